The number of aromatic nitrogens is 1. The predicted molar refractivity (Wildman–Crippen MR) is 58.1 cm³/mol. The van der Waals surface area contributed by atoms with Crippen LogP contribution in [0.2, 0.25) is 0 Å². The van der Waals surface area contributed by atoms with E-state index in [1.165, 1.54) is 29.8 Å². The van der Waals surface area contributed by atoms with Gasteiger partial charge < -0.3 is 4.57 Å². The summed E-state index contributed by atoms with van der Waals surface area (Å²) in [6.07, 6.45) is 2.96. The van der Waals surface area contributed by atoms with Crippen LogP contribution in [0.5, 0.6) is 0 Å². The first-order valence-electron chi connectivity index (χ1n) is 5.23. The fourth-order valence-corrected chi connectivity index (χ4v) is 1.80. The third-order valence-corrected chi connectivity index (χ3v) is 2.68. The number of rotatable bonds is 4. The maximum Gasteiger partial charge on any atom is 0.0670 e. The summed E-state index contributed by atoms with van der Waals surface area (Å²) in [5.41, 5.74) is 3.72. The van der Waals surface area contributed by atoms with Crippen LogP contribution in [-0.2, 0) is 13.0 Å². The van der Waals surface area contributed by atoms with Crippen molar-refractivity contribution in [2.24, 2.45) is 0 Å². The Morgan fingerprint density at radius 2 is 2.14 bits per heavy atom. The Morgan fingerprint density at radius 1 is 1.43 bits per heavy atom. The molecule has 0 spiro atoms. The lowest BCUT2D eigenvalue weighted by atomic mass is 10.2. The average Bonchev–Trinajstić information content (AvgIpc) is 2.41. The number of hydrogen-bond donors (Lipinski definition) is 0. The van der Waals surface area contributed by atoms with Crippen molar-refractivity contribution in [1.82, 2.24) is 4.57 Å². The molecule has 2 nitrogen and oxygen atoms in total. The molecule has 2 heteroatoms. The molecular formula is C12H18N2. The molecule has 1 aromatic heterocycles. The molecule has 0 amide bonds. The van der Waals surface area contributed by atoms with Gasteiger partial charge in [-0.05, 0) is 31.9 Å². The highest BCUT2D eigenvalue weighted by Crippen LogP contribution is 2.16. The Balaban J connectivity index is 2.88. The standard InChI is InChI=1S/C12H18N2/c1-4-5-8-14-10(2)9-12(6-7-13)11(14)3/h9H,4-6,8H2,1-3H3. The van der Waals surface area contributed by atoms with Gasteiger partial charge in [-0.1, -0.05) is 13.3 Å². The van der Waals surface area contributed by atoms with Gasteiger partial charge in [0, 0.05) is 17.9 Å². The number of hydrogen-bond acceptors (Lipinski definition) is 1. The molecule has 0 N–H and O–H groups in total. The average molecular weight is 190 g/mol. The van der Waals surface area contributed by atoms with Crippen molar-refractivity contribution >= 4 is 0 Å². The number of nitrogens with zero attached hydrogens (tertiary/aromatic N) is 2. The molecule has 0 aliphatic heterocycles. The van der Waals surface area contributed by atoms with Gasteiger partial charge in [-0.3, -0.25) is 0 Å². The minimum Gasteiger partial charge on any atom is -0.349 e. The summed E-state index contributed by atoms with van der Waals surface area (Å²) in [7, 11) is 0. The van der Waals surface area contributed by atoms with Crippen molar-refractivity contribution < 1.29 is 0 Å². The largest absolute Gasteiger partial charge is 0.349 e. The first-order chi connectivity index (χ1) is 6.70. The van der Waals surface area contributed by atoms with Crippen molar-refractivity contribution in [3.05, 3.63) is 23.0 Å². The molecule has 14 heavy (non-hydrogen) atoms. The van der Waals surface area contributed by atoms with Gasteiger partial charge in [0.05, 0.1) is 12.5 Å². The Labute approximate surface area is 86.2 Å². The molecule has 0 bridgehead atoms. The Hall–Kier alpha value is -1.23. The van der Waals surface area contributed by atoms with E-state index < -0.39 is 0 Å². The molecule has 1 aromatic rings. The van der Waals surface area contributed by atoms with E-state index in [2.05, 4.69) is 37.5 Å². The number of nitriles is 1. The normalized spacial score (nSPS) is 10.1. The molecule has 0 aliphatic rings. The molecule has 0 aliphatic carbocycles. The monoisotopic (exact) mass is 190 g/mol. The molecule has 0 unspecified atom stereocenters. The van der Waals surface area contributed by atoms with Gasteiger partial charge in [-0.15, -0.1) is 0 Å². The Morgan fingerprint density at radius 3 is 2.71 bits per heavy atom. The molecule has 0 saturated heterocycles. The van der Waals surface area contributed by atoms with Gasteiger partial charge in [-0.25, -0.2) is 0 Å². The number of unbranched alkanes of at least 4 members (excludes halogenated alkanes) is 1. The molecule has 1 rings (SSSR count). The van der Waals surface area contributed by atoms with Gasteiger partial charge in [-0.2, -0.15) is 5.26 Å². The maximum atomic E-state index is 8.66. The van der Waals surface area contributed by atoms with Crippen molar-refractivity contribution in [1.29, 1.82) is 5.26 Å². The summed E-state index contributed by atoms with van der Waals surface area (Å²) in [6.45, 7) is 7.50. The minimum atomic E-state index is 0.534. The lowest BCUT2D eigenvalue weighted by molar-refractivity contribution is 0.608. The van der Waals surface area contributed by atoms with Gasteiger partial charge in [0.25, 0.3) is 0 Å². The molecule has 76 valence electrons. The third kappa shape index (κ3) is 2.17. The summed E-state index contributed by atoms with van der Waals surface area (Å²) in [5, 5.41) is 8.66. The summed E-state index contributed by atoms with van der Waals surface area (Å²) in [5.74, 6) is 0. The maximum absolute atomic E-state index is 8.66. The Bertz CT molecular complexity index is 342. The van der Waals surface area contributed by atoms with Gasteiger partial charge in [0.2, 0.25) is 0 Å². The highest BCUT2D eigenvalue weighted by Gasteiger charge is 2.07. The van der Waals surface area contributed by atoms with E-state index in [1.54, 1.807) is 0 Å². The molecule has 0 atom stereocenters. The van der Waals surface area contributed by atoms with Crippen LogP contribution in [0.25, 0.3) is 0 Å². The van der Waals surface area contributed by atoms with Crippen LogP contribution in [-0.4, -0.2) is 4.57 Å². The second kappa shape index (κ2) is 4.85. The zero-order chi connectivity index (χ0) is 10.6. The summed E-state index contributed by atoms with van der Waals surface area (Å²) in [4.78, 5) is 0. The van der Waals surface area contributed by atoms with Gasteiger partial charge in [0.1, 0.15) is 0 Å². The van der Waals surface area contributed by atoms with Crippen LogP contribution in [0.3, 0.4) is 0 Å². The zero-order valence-electron chi connectivity index (χ0n) is 9.30. The van der Waals surface area contributed by atoms with Crippen LogP contribution in [0.15, 0.2) is 6.07 Å². The second-order valence-electron chi connectivity index (χ2n) is 3.74. The van der Waals surface area contributed by atoms with E-state index in [9.17, 15) is 0 Å². The van der Waals surface area contributed by atoms with Gasteiger partial charge in [0.15, 0.2) is 0 Å². The molecule has 1 heterocycles. The second-order valence-corrected chi connectivity index (χ2v) is 3.74. The van der Waals surface area contributed by atoms with Crippen LogP contribution in [0.4, 0.5) is 0 Å². The minimum absolute atomic E-state index is 0.534. The fourth-order valence-electron chi connectivity index (χ4n) is 1.80. The molecule has 0 aromatic carbocycles. The number of aryl methyl sites for hydroxylation is 1. The molecular weight excluding hydrogens is 172 g/mol. The van der Waals surface area contributed by atoms with Crippen molar-refractivity contribution in [2.45, 2.75) is 46.6 Å². The smallest absolute Gasteiger partial charge is 0.0670 e. The first kappa shape index (κ1) is 10.8. The van der Waals surface area contributed by atoms with E-state index in [4.69, 9.17) is 5.26 Å². The fraction of sp³-hybridized carbons (Fsp3) is 0.583. The van der Waals surface area contributed by atoms with Crippen LogP contribution >= 0.6 is 0 Å². The van der Waals surface area contributed by atoms with E-state index in [0.29, 0.717) is 6.42 Å². The Kier molecular flexibility index (Phi) is 3.76. The van der Waals surface area contributed by atoms with Crippen molar-refractivity contribution in [2.75, 3.05) is 0 Å². The summed E-state index contributed by atoms with van der Waals surface area (Å²) in [6, 6.07) is 4.34. The van der Waals surface area contributed by atoms with E-state index in [0.717, 1.165) is 6.54 Å². The van der Waals surface area contributed by atoms with Crippen LogP contribution in [0, 0.1) is 25.2 Å². The zero-order valence-corrected chi connectivity index (χ0v) is 9.30. The first-order valence-corrected chi connectivity index (χ1v) is 5.23. The quantitative estimate of drug-likeness (QED) is 0.717. The summed E-state index contributed by atoms with van der Waals surface area (Å²) < 4.78 is 2.32. The van der Waals surface area contributed by atoms with E-state index >= 15 is 0 Å². The summed E-state index contributed by atoms with van der Waals surface area (Å²) >= 11 is 0. The lowest BCUT2D eigenvalue weighted by Gasteiger charge is -2.08. The third-order valence-electron chi connectivity index (χ3n) is 2.68. The van der Waals surface area contributed by atoms with Crippen LogP contribution in [0.1, 0.15) is 36.7 Å². The molecule has 0 radical (unpaired) electrons. The van der Waals surface area contributed by atoms with E-state index in [-0.39, 0.29) is 0 Å². The van der Waals surface area contributed by atoms with Gasteiger partial charge >= 0.3 is 0 Å². The van der Waals surface area contributed by atoms with Crippen LogP contribution < -0.4 is 0 Å². The SMILES string of the molecule is CCCCn1c(C)cc(CC#N)c1C. The predicted octanol–water partition coefficient (Wildman–Crippen LogP) is 2.97. The van der Waals surface area contributed by atoms with E-state index in [1.807, 2.05) is 0 Å². The highest BCUT2D eigenvalue weighted by atomic mass is 15.0. The van der Waals surface area contributed by atoms with Crippen molar-refractivity contribution in [3.8, 4) is 6.07 Å². The lowest BCUT2D eigenvalue weighted by Crippen LogP contribution is -2.02. The van der Waals surface area contributed by atoms with Crippen molar-refractivity contribution in [3.63, 3.8) is 0 Å². The molecule has 0 saturated carbocycles. The molecule has 0 fully saturated rings. The highest BCUT2D eigenvalue weighted by molar-refractivity contribution is 5.28. The topological polar surface area (TPSA) is 28.7 Å².